The molecule has 1 aromatic rings. The highest BCUT2D eigenvalue weighted by atomic mass is 16.5. The zero-order valence-corrected chi connectivity index (χ0v) is 14.4. The molecule has 2 fully saturated rings. The summed E-state index contributed by atoms with van der Waals surface area (Å²) in [6.07, 6.45) is 0.908. The van der Waals surface area contributed by atoms with Crippen LogP contribution >= 0.6 is 0 Å². The average molecular weight is 345 g/mol. The number of nitrogens with zero attached hydrogens (tertiary/aromatic N) is 2. The number of ether oxygens (including phenoxy) is 1. The predicted molar refractivity (Wildman–Crippen MR) is 90.7 cm³/mol. The van der Waals surface area contributed by atoms with Crippen molar-refractivity contribution < 1.29 is 19.1 Å². The van der Waals surface area contributed by atoms with Crippen molar-refractivity contribution in [3.05, 3.63) is 29.8 Å². The highest BCUT2D eigenvalue weighted by molar-refractivity contribution is 5.88. The van der Waals surface area contributed by atoms with E-state index in [1.54, 1.807) is 16.9 Å². The van der Waals surface area contributed by atoms with Crippen LogP contribution in [-0.2, 0) is 20.9 Å². The van der Waals surface area contributed by atoms with Crippen molar-refractivity contribution in [2.24, 2.45) is 5.92 Å². The molecule has 0 spiro atoms. The Morgan fingerprint density at radius 2 is 2.20 bits per heavy atom. The summed E-state index contributed by atoms with van der Waals surface area (Å²) in [5, 5.41) is 2.72. The number of likely N-dealkylation sites (tertiary alicyclic amines) is 1. The number of benzene rings is 1. The minimum absolute atomic E-state index is 0.0296. The summed E-state index contributed by atoms with van der Waals surface area (Å²) in [4.78, 5) is 39.8. The van der Waals surface area contributed by atoms with E-state index in [2.05, 4.69) is 5.32 Å². The third-order valence-electron chi connectivity index (χ3n) is 4.71. The molecule has 2 aliphatic rings. The van der Waals surface area contributed by atoms with Gasteiger partial charge in [0, 0.05) is 32.6 Å². The van der Waals surface area contributed by atoms with E-state index in [1.165, 1.54) is 0 Å². The van der Waals surface area contributed by atoms with E-state index in [0.29, 0.717) is 39.0 Å². The minimum atomic E-state index is -0.241. The van der Waals surface area contributed by atoms with Gasteiger partial charge in [0.1, 0.15) is 5.75 Å². The molecule has 3 rings (SSSR count). The minimum Gasteiger partial charge on any atom is -0.497 e. The summed E-state index contributed by atoms with van der Waals surface area (Å²) in [5.41, 5.74) is 0.971. The molecule has 2 saturated heterocycles. The summed E-state index contributed by atoms with van der Waals surface area (Å²) in [6, 6.07) is 7.58. The van der Waals surface area contributed by atoms with Crippen molar-refractivity contribution in [2.45, 2.75) is 19.4 Å². The molecule has 0 aliphatic carbocycles. The van der Waals surface area contributed by atoms with E-state index < -0.39 is 0 Å². The fourth-order valence-electron chi connectivity index (χ4n) is 3.35. The number of piperidine rings is 1. The quantitative estimate of drug-likeness (QED) is 0.856. The fourth-order valence-corrected chi connectivity index (χ4v) is 3.35. The SMILES string of the molecule is COc1cccc(CN2C[C@H](C(=O)N3CCNC(=O)C3)CCC2=O)c1. The number of hydrogen-bond donors (Lipinski definition) is 1. The molecule has 1 N–H and O–H groups in total. The number of rotatable bonds is 4. The molecule has 1 atom stereocenters. The van der Waals surface area contributed by atoms with E-state index in [1.807, 2.05) is 24.3 Å². The molecule has 134 valence electrons. The predicted octanol–water partition coefficient (Wildman–Crippen LogP) is 0.392. The van der Waals surface area contributed by atoms with Gasteiger partial charge >= 0.3 is 0 Å². The second-order valence-corrected chi connectivity index (χ2v) is 6.47. The summed E-state index contributed by atoms with van der Waals surface area (Å²) in [5.74, 6) is 0.407. The topological polar surface area (TPSA) is 79.0 Å². The zero-order valence-electron chi connectivity index (χ0n) is 14.4. The van der Waals surface area contributed by atoms with E-state index >= 15 is 0 Å². The van der Waals surface area contributed by atoms with Gasteiger partial charge in [-0.2, -0.15) is 0 Å². The third kappa shape index (κ3) is 4.10. The molecule has 0 aromatic heterocycles. The molecule has 7 heteroatoms. The number of methoxy groups -OCH3 is 1. The van der Waals surface area contributed by atoms with Gasteiger partial charge in [-0.15, -0.1) is 0 Å². The van der Waals surface area contributed by atoms with E-state index in [0.717, 1.165) is 11.3 Å². The Hall–Kier alpha value is -2.57. The molecule has 3 amide bonds. The maximum absolute atomic E-state index is 12.7. The highest BCUT2D eigenvalue weighted by Crippen LogP contribution is 2.23. The van der Waals surface area contributed by atoms with Crippen molar-refractivity contribution in [3.8, 4) is 5.75 Å². The Morgan fingerprint density at radius 1 is 1.36 bits per heavy atom. The monoisotopic (exact) mass is 345 g/mol. The molecule has 1 aromatic carbocycles. The lowest BCUT2D eigenvalue weighted by Gasteiger charge is -2.36. The summed E-state index contributed by atoms with van der Waals surface area (Å²) < 4.78 is 5.22. The van der Waals surface area contributed by atoms with E-state index in [9.17, 15) is 14.4 Å². The van der Waals surface area contributed by atoms with Crippen molar-refractivity contribution in [3.63, 3.8) is 0 Å². The molecule has 0 bridgehead atoms. The summed E-state index contributed by atoms with van der Waals surface area (Å²) in [7, 11) is 1.61. The number of amides is 3. The van der Waals surface area contributed by atoms with Crippen molar-refractivity contribution in [1.82, 2.24) is 15.1 Å². The molecule has 7 nitrogen and oxygen atoms in total. The van der Waals surface area contributed by atoms with Crippen LogP contribution in [0.15, 0.2) is 24.3 Å². The lowest BCUT2D eigenvalue weighted by molar-refractivity contribution is -0.146. The van der Waals surface area contributed by atoms with Gasteiger partial charge < -0.3 is 19.9 Å². The summed E-state index contributed by atoms with van der Waals surface area (Å²) >= 11 is 0. The first kappa shape index (κ1) is 17.3. The Bertz CT molecular complexity index is 676. The number of carbonyl (C=O) groups is 3. The smallest absolute Gasteiger partial charge is 0.239 e. The van der Waals surface area contributed by atoms with Gasteiger partial charge in [-0.3, -0.25) is 14.4 Å². The van der Waals surface area contributed by atoms with Crippen LogP contribution in [0, 0.1) is 5.92 Å². The fraction of sp³-hybridized carbons (Fsp3) is 0.500. The van der Waals surface area contributed by atoms with Gasteiger partial charge in [-0.25, -0.2) is 0 Å². The average Bonchev–Trinajstić information content (AvgIpc) is 2.63. The van der Waals surface area contributed by atoms with Crippen LogP contribution in [0.5, 0.6) is 5.75 Å². The van der Waals surface area contributed by atoms with E-state index in [-0.39, 0.29) is 30.2 Å². The van der Waals surface area contributed by atoms with Crippen LogP contribution in [0.25, 0.3) is 0 Å². The van der Waals surface area contributed by atoms with Gasteiger partial charge in [0.2, 0.25) is 17.7 Å². The first-order valence-electron chi connectivity index (χ1n) is 8.53. The zero-order chi connectivity index (χ0) is 17.8. The molecule has 2 aliphatic heterocycles. The van der Waals surface area contributed by atoms with Crippen LogP contribution in [0.2, 0.25) is 0 Å². The lowest BCUT2D eigenvalue weighted by Crippen LogP contribution is -2.54. The molecule has 0 unspecified atom stereocenters. The second-order valence-electron chi connectivity index (χ2n) is 6.47. The molecule has 0 saturated carbocycles. The molecule has 25 heavy (non-hydrogen) atoms. The van der Waals surface area contributed by atoms with Gasteiger partial charge in [0.05, 0.1) is 19.6 Å². The summed E-state index contributed by atoms with van der Waals surface area (Å²) in [6.45, 7) is 1.99. The largest absolute Gasteiger partial charge is 0.497 e. The number of nitrogens with one attached hydrogen (secondary N) is 1. The second kappa shape index (κ2) is 7.55. The van der Waals surface area contributed by atoms with Crippen LogP contribution in [-0.4, -0.2) is 60.8 Å². The van der Waals surface area contributed by atoms with Crippen molar-refractivity contribution >= 4 is 17.7 Å². The molecular weight excluding hydrogens is 322 g/mol. The van der Waals surface area contributed by atoms with Crippen LogP contribution in [0.4, 0.5) is 0 Å². The third-order valence-corrected chi connectivity index (χ3v) is 4.71. The maximum Gasteiger partial charge on any atom is 0.239 e. The van der Waals surface area contributed by atoms with Gasteiger partial charge in [0.25, 0.3) is 0 Å². The molecular formula is C18H23N3O4. The Labute approximate surface area is 146 Å². The van der Waals surface area contributed by atoms with Gasteiger partial charge in [-0.05, 0) is 24.1 Å². The normalized spacial score (nSPS) is 21.1. The van der Waals surface area contributed by atoms with E-state index in [4.69, 9.17) is 4.74 Å². The number of piperazine rings is 1. The number of carbonyl (C=O) groups excluding carboxylic acids is 3. The lowest BCUT2D eigenvalue weighted by atomic mass is 9.95. The Morgan fingerprint density at radius 3 is 2.96 bits per heavy atom. The first-order chi connectivity index (χ1) is 12.1. The van der Waals surface area contributed by atoms with Crippen molar-refractivity contribution in [1.29, 1.82) is 0 Å². The van der Waals surface area contributed by atoms with Crippen LogP contribution in [0.3, 0.4) is 0 Å². The van der Waals surface area contributed by atoms with Crippen molar-refractivity contribution in [2.75, 3.05) is 33.3 Å². The first-order valence-corrected chi connectivity index (χ1v) is 8.53. The van der Waals surface area contributed by atoms with Crippen LogP contribution < -0.4 is 10.1 Å². The highest BCUT2D eigenvalue weighted by Gasteiger charge is 2.34. The van der Waals surface area contributed by atoms with Gasteiger partial charge in [-0.1, -0.05) is 12.1 Å². The standard InChI is InChI=1S/C18H23N3O4/c1-25-15-4-2-3-13(9-15)10-21-11-14(5-6-17(21)23)18(24)20-8-7-19-16(22)12-20/h2-4,9,14H,5-8,10-12H2,1H3,(H,19,22)/t14-/m1/s1. The maximum atomic E-state index is 12.7. The Kier molecular flexibility index (Phi) is 5.21. The van der Waals surface area contributed by atoms with Gasteiger partial charge in [0.15, 0.2) is 0 Å². The molecule has 0 radical (unpaired) electrons. The van der Waals surface area contributed by atoms with Crippen LogP contribution in [0.1, 0.15) is 18.4 Å². The Balaban J connectivity index is 1.65. The number of hydrogen-bond acceptors (Lipinski definition) is 4. The molecule has 2 heterocycles.